The zero-order valence-electron chi connectivity index (χ0n) is 19.3. The fourth-order valence-corrected chi connectivity index (χ4v) is 4.93. The van der Waals surface area contributed by atoms with E-state index in [9.17, 15) is 24.1 Å². The molecule has 0 saturated carbocycles. The summed E-state index contributed by atoms with van der Waals surface area (Å²) in [5, 5.41) is 14.9. The van der Waals surface area contributed by atoms with E-state index >= 15 is 0 Å². The molecule has 1 fully saturated rings. The molecule has 9 nitrogen and oxygen atoms in total. The van der Waals surface area contributed by atoms with Crippen molar-refractivity contribution in [1.82, 2.24) is 9.88 Å². The van der Waals surface area contributed by atoms with Gasteiger partial charge >= 0.3 is 0 Å². The Bertz CT molecular complexity index is 1270. The minimum absolute atomic E-state index is 0.0237. The number of rotatable bonds is 6. The number of nitrogens with zero attached hydrogens (tertiary/aromatic N) is 4. The first-order valence-corrected chi connectivity index (χ1v) is 11.8. The van der Waals surface area contributed by atoms with Crippen LogP contribution in [0.2, 0.25) is 0 Å². The Balaban J connectivity index is 1.48. The molecule has 0 unspecified atom stereocenters. The average Bonchev–Trinajstić information content (AvgIpc) is 3.18. The lowest BCUT2D eigenvalue weighted by Crippen LogP contribution is -2.48. The summed E-state index contributed by atoms with van der Waals surface area (Å²) in [5.74, 6) is -0.825. The van der Waals surface area contributed by atoms with Gasteiger partial charge in [-0.25, -0.2) is 9.37 Å². The number of halogens is 1. The van der Waals surface area contributed by atoms with E-state index in [-0.39, 0.29) is 23.0 Å². The summed E-state index contributed by atoms with van der Waals surface area (Å²) in [6, 6.07) is 10.6. The quantitative estimate of drug-likeness (QED) is 0.407. The summed E-state index contributed by atoms with van der Waals surface area (Å²) >= 11 is 1.31. The molecule has 4 rings (SSSR count). The lowest BCUT2D eigenvalue weighted by atomic mass is 10.1. The summed E-state index contributed by atoms with van der Waals surface area (Å²) in [5.41, 5.74) is 2.07. The number of aryl methyl sites for hydroxylation is 1. The maximum atomic E-state index is 13.2. The van der Waals surface area contributed by atoms with E-state index in [2.05, 4.69) is 10.3 Å². The first-order chi connectivity index (χ1) is 16.7. The predicted molar refractivity (Wildman–Crippen MR) is 132 cm³/mol. The zero-order valence-corrected chi connectivity index (χ0v) is 20.1. The number of thiazole rings is 1. The molecule has 1 aromatic heterocycles. The van der Waals surface area contributed by atoms with E-state index in [1.165, 1.54) is 36.5 Å². The van der Waals surface area contributed by atoms with Gasteiger partial charge in [0.2, 0.25) is 5.91 Å². The normalized spacial score (nSPS) is 13.6. The lowest BCUT2D eigenvalue weighted by molar-refractivity contribution is -0.384. The Kier molecular flexibility index (Phi) is 7.06. The van der Waals surface area contributed by atoms with E-state index < -0.39 is 10.8 Å². The van der Waals surface area contributed by atoms with Gasteiger partial charge in [-0.15, -0.1) is 11.3 Å². The maximum Gasteiger partial charge on any atom is 0.293 e. The van der Waals surface area contributed by atoms with E-state index in [0.29, 0.717) is 43.4 Å². The average molecular weight is 498 g/mol. The van der Waals surface area contributed by atoms with Gasteiger partial charge in [0.15, 0.2) is 5.13 Å². The van der Waals surface area contributed by atoms with Crippen molar-refractivity contribution in [1.29, 1.82) is 0 Å². The summed E-state index contributed by atoms with van der Waals surface area (Å²) < 4.78 is 13.2. The highest BCUT2D eigenvalue weighted by atomic mass is 32.1. The molecule has 1 saturated heterocycles. The van der Waals surface area contributed by atoms with Crippen LogP contribution in [-0.4, -0.2) is 52.8 Å². The van der Waals surface area contributed by atoms with Crippen molar-refractivity contribution < 1.29 is 18.9 Å². The number of amides is 2. The molecule has 1 aliphatic rings. The van der Waals surface area contributed by atoms with Crippen LogP contribution < -0.4 is 10.2 Å². The Morgan fingerprint density at radius 1 is 1.14 bits per heavy atom. The number of carbonyl (C=O) groups is 2. The molecule has 1 N–H and O–H groups in total. The van der Waals surface area contributed by atoms with Gasteiger partial charge in [-0.2, -0.15) is 0 Å². The van der Waals surface area contributed by atoms with E-state index in [0.717, 1.165) is 16.1 Å². The number of benzene rings is 2. The largest absolute Gasteiger partial charge is 0.362 e. The van der Waals surface area contributed by atoms with Crippen molar-refractivity contribution >= 4 is 39.7 Å². The Hall–Kier alpha value is -3.86. The highest BCUT2D eigenvalue weighted by Gasteiger charge is 2.26. The van der Waals surface area contributed by atoms with Gasteiger partial charge in [-0.05, 0) is 36.8 Å². The standard InChI is InChI=1S/C24H24FN5O4S/c1-15-22(13-17-3-6-19(25)7-4-17)35-24(26-15)27-23(32)18-5-8-20(21(14-18)30(33)34)29-11-9-28(10-12-29)16(2)31/h3-8,14H,9-13H2,1-2H3,(H,26,27,32). The Morgan fingerprint density at radius 3 is 2.46 bits per heavy atom. The van der Waals surface area contributed by atoms with Crippen LogP contribution in [0.4, 0.5) is 20.9 Å². The van der Waals surface area contributed by atoms with Crippen LogP contribution in [-0.2, 0) is 11.2 Å². The molecule has 35 heavy (non-hydrogen) atoms. The molecule has 0 spiro atoms. The van der Waals surface area contributed by atoms with Gasteiger partial charge in [0.05, 0.1) is 10.6 Å². The van der Waals surface area contributed by atoms with Gasteiger partial charge in [0, 0.05) is 56.0 Å². The van der Waals surface area contributed by atoms with Crippen molar-refractivity contribution in [2.75, 3.05) is 36.4 Å². The monoisotopic (exact) mass is 497 g/mol. The predicted octanol–water partition coefficient (Wildman–Crippen LogP) is 4.01. The van der Waals surface area contributed by atoms with Gasteiger partial charge in [-0.1, -0.05) is 12.1 Å². The molecule has 2 heterocycles. The minimum atomic E-state index is -0.502. The third-order valence-corrected chi connectivity index (χ3v) is 6.96. The van der Waals surface area contributed by atoms with Gasteiger partial charge in [0.1, 0.15) is 11.5 Å². The van der Waals surface area contributed by atoms with Crippen LogP contribution in [0.3, 0.4) is 0 Å². The van der Waals surface area contributed by atoms with Crippen molar-refractivity contribution in [3.05, 3.63) is 80.1 Å². The number of nitrogens with one attached hydrogen (secondary N) is 1. The first kappa shape index (κ1) is 24.3. The zero-order chi connectivity index (χ0) is 25.1. The van der Waals surface area contributed by atoms with Crippen LogP contribution in [0, 0.1) is 22.9 Å². The van der Waals surface area contributed by atoms with Crippen molar-refractivity contribution in [3.63, 3.8) is 0 Å². The van der Waals surface area contributed by atoms with Crippen LogP contribution in [0.1, 0.15) is 33.4 Å². The molecular weight excluding hydrogens is 473 g/mol. The maximum absolute atomic E-state index is 13.2. The number of hydrogen-bond acceptors (Lipinski definition) is 7. The molecule has 3 aromatic rings. The van der Waals surface area contributed by atoms with Crippen LogP contribution >= 0.6 is 11.3 Å². The number of piperazine rings is 1. The third-order valence-electron chi connectivity index (χ3n) is 5.89. The van der Waals surface area contributed by atoms with Gasteiger partial charge in [0.25, 0.3) is 11.6 Å². The smallest absolute Gasteiger partial charge is 0.293 e. The van der Waals surface area contributed by atoms with E-state index in [1.807, 2.05) is 11.8 Å². The molecule has 182 valence electrons. The molecular formula is C24H24FN5O4S. The Morgan fingerprint density at radius 2 is 1.83 bits per heavy atom. The van der Waals surface area contributed by atoms with Crippen LogP contribution in [0.5, 0.6) is 0 Å². The second kappa shape index (κ2) is 10.2. The molecule has 11 heteroatoms. The van der Waals surface area contributed by atoms with E-state index in [1.54, 1.807) is 29.2 Å². The number of hydrogen-bond donors (Lipinski definition) is 1. The van der Waals surface area contributed by atoms with Gasteiger partial charge in [-0.3, -0.25) is 25.0 Å². The highest BCUT2D eigenvalue weighted by Crippen LogP contribution is 2.31. The number of nitro groups is 1. The van der Waals surface area contributed by atoms with Gasteiger partial charge < -0.3 is 9.80 Å². The minimum Gasteiger partial charge on any atom is -0.362 e. The summed E-state index contributed by atoms with van der Waals surface area (Å²) in [7, 11) is 0. The topological polar surface area (TPSA) is 109 Å². The second-order valence-corrected chi connectivity index (χ2v) is 9.32. The summed E-state index contributed by atoms with van der Waals surface area (Å²) in [4.78, 5) is 44.5. The molecule has 2 amide bonds. The summed E-state index contributed by atoms with van der Waals surface area (Å²) in [6.07, 6.45) is 0.552. The van der Waals surface area contributed by atoms with Crippen molar-refractivity contribution in [2.24, 2.45) is 0 Å². The second-order valence-electron chi connectivity index (χ2n) is 8.24. The first-order valence-electron chi connectivity index (χ1n) is 11.0. The molecule has 0 atom stereocenters. The van der Waals surface area contributed by atoms with Crippen molar-refractivity contribution in [2.45, 2.75) is 20.3 Å². The number of nitro benzene ring substituents is 1. The van der Waals surface area contributed by atoms with Crippen LogP contribution in [0.15, 0.2) is 42.5 Å². The SMILES string of the molecule is CC(=O)N1CCN(c2ccc(C(=O)Nc3nc(C)c(Cc4ccc(F)cc4)s3)cc2[N+](=O)[O-])CC1. The molecule has 1 aliphatic heterocycles. The number of anilines is 2. The summed E-state index contributed by atoms with van der Waals surface area (Å²) in [6.45, 7) is 5.25. The van der Waals surface area contributed by atoms with E-state index in [4.69, 9.17) is 0 Å². The van der Waals surface area contributed by atoms with Crippen LogP contribution in [0.25, 0.3) is 0 Å². The molecule has 2 aromatic carbocycles. The third kappa shape index (κ3) is 5.62. The molecule has 0 bridgehead atoms. The number of carbonyl (C=O) groups excluding carboxylic acids is 2. The molecule has 0 radical (unpaired) electrons. The number of aromatic nitrogens is 1. The lowest BCUT2D eigenvalue weighted by Gasteiger charge is -2.35. The highest BCUT2D eigenvalue weighted by molar-refractivity contribution is 7.15. The Labute approximate surface area is 205 Å². The fraction of sp³-hybridized carbons (Fsp3) is 0.292. The molecule has 0 aliphatic carbocycles. The van der Waals surface area contributed by atoms with Crippen molar-refractivity contribution in [3.8, 4) is 0 Å². The fourth-order valence-electron chi connectivity index (χ4n) is 3.94.